The second-order valence-electron chi connectivity index (χ2n) is 5.34. The molecule has 7 heteroatoms. The summed E-state index contributed by atoms with van der Waals surface area (Å²) in [7, 11) is 0. The fourth-order valence-corrected chi connectivity index (χ4v) is 2.46. The van der Waals surface area contributed by atoms with Crippen LogP contribution in [0.5, 0.6) is 11.5 Å². The first-order valence-electron chi connectivity index (χ1n) is 8.20. The van der Waals surface area contributed by atoms with E-state index in [9.17, 15) is 0 Å². The molecule has 3 rings (SSSR count). The summed E-state index contributed by atoms with van der Waals surface area (Å²) in [6.45, 7) is 4.98. The van der Waals surface area contributed by atoms with Crippen LogP contribution >= 0.6 is 0 Å². The Balaban J connectivity index is 1.86. The number of nitrogens with zero attached hydrogens (tertiary/aromatic N) is 3. The number of benzene rings is 1. The first-order valence-corrected chi connectivity index (χ1v) is 8.20. The summed E-state index contributed by atoms with van der Waals surface area (Å²) < 4.78 is 11.2. The van der Waals surface area contributed by atoms with Crippen LogP contribution in [0.25, 0.3) is 11.4 Å². The number of nitrogens with one attached hydrogen (secondary N) is 1. The van der Waals surface area contributed by atoms with Gasteiger partial charge in [0.2, 0.25) is 0 Å². The maximum Gasteiger partial charge on any atom is 0.182 e. The molecule has 0 aliphatic heterocycles. The zero-order valence-corrected chi connectivity index (χ0v) is 14.3. The van der Waals surface area contributed by atoms with E-state index in [1.165, 1.54) is 0 Å². The van der Waals surface area contributed by atoms with Crippen molar-refractivity contribution in [1.82, 2.24) is 20.2 Å². The maximum absolute atomic E-state index is 6.35. The zero-order valence-electron chi connectivity index (χ0n) is 14.3. The van der Waals surface area contributed by atoms with Gasteiger partial charge in [0.1, 0.15) is 5.82 Å². The molecule has 0 saturated heterocycles. The monoisotopic (exact) mass is 339 g/mol. The number of hydrogen-bond acceptors (Lipinski definition) is 6. The van der Waals surface area contributed by atoms with Crippen molar-refractivity contribution in [3.63, 3.8) is 0 Å². The molecule has 130 valence electrons. The number of aromatic nitrogens is 4. The van der Waals surface area contributed by atoms with Crippen LogP contribution in [0.2, 0.25) is 0 Å². The van der Waals surface area contributed by atoms with Crippen LogP contribution in [0, 0.1) is 0 Å². The van der Waals surface area contributed by atoms with Crippen molar-refractivity contribution < 1.29 is 9.47 Å². The Morgan fingerprint density at radius 2 is 1.92 bits per heavy atom. The molecule has 0 unspecified atom stereocenters. The average Bonchev–Trinajstić information content (AvgIpc) is 3.14. The second kappa shape index (κ2) is 7.76. The Morgan fingerprint density at radius 3 is 2.64 bits per heavy atom. The molecule has 3 N–H and O–H groups in total. The maximum atomic E-state index is 6.35. The molecule has 0 fully saturated rings. The fraction of sp³-hybridized carbons (Fsp3) is 0.278. The molecule has 1 aromatic carbocycles. The van der Waals surface area contributed by atoms with E-state index < -0.39 is 6.04 Å². The molecule has 0 aliphatic carbocycles. The van der Waals surface area contributed by atoms with Crippen molar-refractivity contribution in [3.8, 4) is 22.9 Å². The van der Waals surface area contributed by atoms with Gasteiger partial charge in [-0.25, -0.2) is 4.98 Å². The molecule has 0 saturated carbocycles. The number of pyridine rings is 1. The number of nitrogens with two attached hydrogens (primary N) is 1. The van der Waals surface area contributed by atoms with Crippen molar-refractivity contribution in [2.24, 2.45) is 5.73 Å². The molecule has 0 radical (unpaired) electrons. The largest absolute Gasteiger partial charge is 0.490 e. The number of H-pyrrole nitrogens is 1. The Morgan fingerprint density at radius 1 is 1.12 bits per heavy atom. The van der Waals surface area contributed by atoms with E-state index in [4.69, 9.17) is 15.2 Å². The lowest BCUT2D eigenvalue weighted by molar-refractivity contribution is 0.287. The van der Waals surface area contributed by atoms with Gasteiger partial charge >= 0.3 is 0 Å². The van der Waals surface area contributed by atoms with Gasteiger partial charge in [-0.15, -0.1) is 0 Å². The van der Waals surface area contributed by atoms with E-state index in [-0.39, 0.29) is 0 Å². The molecule has 2 heterocycles. The highest BCUT2D eigenvalue weighted by Gasteiger charge is 2.17. The van der Waals surface area contributed by atoms with E-state index in [1.807, 2.05) is 44.2 Å². The van der Waals surface area contributed by atoms with E-state index in [0.29, 0.717) is 36.4 Å². The lowest BCUT2D eigenvalue weighted by Gasteiger charge is -2.14. The minimum Gasteiger partial charge on any atom is -0.490 e. The Hall–Kier alpha value is -2.93. The third-order valence-corrected chi connectivity index (χ3v) is 3.64. The van der Waals surface area contributed by atoms with Crippen molar-refractivity contribution in [3.05, 3.63) is 54.1 Å². The Bertz CT molecular complexity index is 819. The predicted octanol–water partition coefficient (Wildman–Crippen LogP) is 2.71. The van der Waals surface area contributed by atoms with E-state index >= 15 is 0 Å². The first kappa shape index (κ1) is 16.9. The molecule has 3 aromatic rings. The topological polar surface area (TPSA) is 98.9 Å². The third-order valence-electron chi connectivity index (χ3n) is 3.64. The summed E-state index contributed by atoms with van der Waals surface area (Å²) in [4.78, 5) is 8.56. The average molecular weight is 339 g/mol. The highest BCUT2D eigenvalue weighted by Crippen LogP contribution is 2.31. The molecular formula is C18H21N5O2. The Labute approximate surface area is 146 Å². The normalized spacial score (nSPS) is 12.0. The van der Waals surface area contributed by atoms with Crippen molar-refractivity contribution in [2.45, 2.75) is 19.9 Å². The minimum absolute atomic E-state index is 0.451. The number of rotatable bonds is 7. The van der Waals surface area contributed by atoms with Crippen molar-refractivity contribution in [2.75, 3.05) is 13.2 Å². The summed E-state index contributed by atoms with van der Waals surface area (Å²) >= 11 is 0. The van der Waals surface area contributed by atoms with Crippen molar-refractivity contribution >= 4 is 0 Å². The minimum atomic E-state index is -0.451. The van der Waals surface area contributed by atoms with Crippen LogP contribution in [-0.2, 0) is 0 Å². The zero-order chi connectivity index (χ0) is 17.6. The van der Waals surface area contributed by atoms with Crippen LogP contribution in [0.3, 0.4) is 0 Å². The number of ether oxygens (including phenoxy) is 2. The first-order chi connectivity index (χ1) is 12.2. The van der Waals surface area contributed by atoms with E-state index in [1.54, 1.807) is 12.4 Å². The molecule has 0 amide bonds. The van der Waals surface area contributed by atoms with Gasteiger partial charge in [-0.3, -0.25) is 10.1 Å². The summed E-state index contributed by atoms with van der Waals surface area (Å²) in [5.41, 5.74) is 8.05. The lowest BCUT2D eigenvalue weighted by atomic mass is 10.1. The van der Waals surface area contributed by atoms with E-state index in [2.05, 4.69) is 20.2 Å². The fourth-order valence-electron chi connectivity index (χ4n) is 2.46. The lowest BCUT2D eigenvalue weighted by Crippen LogP contribution is -2.14. The molecule has 0 aliphatic rings. The highest BCUT2D eigenvalue weighted by atomic mass is 16.5. The standard InChI is InChI=1S/C18H21N5O2/c1-3-24-14-8-7-12(10-15(14)25-4-2)16(19)18-21-17(22-23-18)13-6-5-9-20-11-13/h5-11,16H,3-4,19H2,1-2H3,(H,21,22,23)/t16-/m0/s1. The molecule has 0 bridgehead atoms. The number of hydrogen-bond donors (Lipinski definition) is 2. The summed E-state index contributed by atoms with van der Waals surface area (Å²) in [6, 6.07) is 8.94. The Kier molecular flexibility index (Phi) is 5.25. The number of aromatic amines is 1. The van der Waals surface area contributed by atoms with Gasteiger partial charge in [0.25, 0.3) is 0 Å². The molecule has 2 aromatic heterocycles. The summed E-state index contributed by atoms with van der Waals surface area (Å²) in [6.07, 6.45) is 3.42. The molecule has 7 nitrogen and oxygen atoms in total. The van der Waals surface area contributed by atoms with Crippen LogP contribution < -0.4 is 15.2 Å². The molecule has 25 heavy (non-hydrogen) atoms. The third kappa shape index (κ3) is 3.77. The smallest absolute Gasteiger partial charge is 0.182 e. The van der Waals surface area contributed by atoms with Gasteiger partial charge in [0.05, 0.1) is 19.3 Å². The van der Waals surface area contributed by atoms with Gasteiger partial charge in [-0.1, -0.05) is 6.07 Å². The van der Waals surface area contributed by atoms with Gasteiger partial charge in [-0.05, 0) is 43.7 Å². The van der Waals surface area contributed by atoms with Crippen LogP contribution in [0.4, 0.5) is 0 Å². The van der Waals surface area contributed by atoms with Crippen LogP contribution in [-0.4, -0.2) is 33.4 Å². The molecular weight excluding hydrogens is 318 g/mol. The van der Waals surface area contributed by atoms with Crippen molar-refractivity contribution in [1.29, 1.82) is 0 Å². The molecule has 1 atom stereocenters. The quantitative estimate of drug-likeness (QED) is 0.686. The molecule has 0 spiro atoms. The van der Waals surface area contributed by atoms with Crippen LogP contribution in [0.15, 0.2) is 42.7 Å². The summed E-state index contributed by atoms with van der Waals surface area (Å²) in [5.74, 6) is 2.51. The summed E-state index contributed by atoms with van der Waals surface area (Å²) in [5, 5.41) is 7.13. The highest BCUT2D eigenvalue weighted by molar-refractivity contribution is 5.52. The predicted molar refractivity (Wildman–Crippen MR) is 94.4 cm³/mol. The van der Waals surface area contributed by atoms with E-state index in [0.717, 1.165) is 11.1 Å². The van der Waals surface area contributed by atoms with Gasteiger partial charge < -0.3 is 15.2 Å². The second-order valence-corrected chi connectivity index (χ2v) is 5.34. The van der Waals surface area contributed by atoms with Gasteiger partial charge in [0, 0.05) is 18.0 Å². The van der Waals surface area contributed by atoms with Crippen LogP contribution in [0.1, 0.15) is 31.3 Å². The van der Waals surface area contributed by atoms with Gasteiger partial charge in [-0.2, -0.15) is 5.10 Å². The SMILES string of the molecule is CCOc1ccc([C@H](N)c2nc(-c3cccnc3)n[nH]2)cc1OCC. The van der Waals surface area contributed by atoms with Gasteiger partial charge in [0.15, 0.2) is 17.3 Å².